The van der Waals surface area contributed by atoms with Gasteiger partial charge in [0.15, 0.2) is 0 Å². The molecule has 1 aromatic heterocycles. The Labute approximate surface area is 174 Å². The second-order valence-electron chi connectivity index (χ2n) is 6.83. The Kier molecular flexibility index (Phi) is 5.89. The van der Waals surface area contributed by atoms with E-state index in [2.05, 4.69) is 29.6 Å². The van der Waals surface area contributed by atoms with E-state index in [0.717, 1.165) is 32.8 Å². The van der Waals surface area contributed by atoms with Gasteiger partial charge in [0.25, 0.3) is 0 Å². The molecule has 146 valence electrons. The highest BCUT2D eigenvalue weighted by molar-refractivity contribution is 7.20. The molecule has 0 saturated heterocycles. The van der Waals surface area contributed by atoms with Crippen LogP contribution in [0.3, 0.4) is 0 Å². The minimum atomic E-state index is -0.133. The zero-order valence-corrected chi connectivity index (χ0v) is 16.8. The maximum absolute atomic E-state index is 7.72. The van der Waals surface area contributed by atoms with Crippen molar-refractivity contribution in [3.05, 3.63) is 101 Å². The SMILES string of the molecule is N=C(N)c1cc2c(OC(CNCc3ccccc3)c3ccccc3)cccc2s1. The maximum Gasteiger partial charge on any atom is 0.136 e. The molecular formula is C24H23N3OS. The van der Waals surface area contributed by atoms with E-state index in [1.807, 2.05) is 60.7 Å². The van der Waals surface area contributed by atoms with E-state index in [9.17, 15) is 0 Å². The van der Waals surface area contributed by atoms with Crippen LogP contribution in [0.2, 0.25) is 0 Å². The fraction of sp³-hybridized carbons (Fsp3) is 0.125. The third-order valence-corrected chi connectivity index (χ3v) is 5.86. The predicted octanol–water partition coefficient (Wildman–Crippen LogP) is 5.10. The van der Waals surface area contributed by atoms with Crippen molar-refractivity contribution in [2.45, 2.75) is 12.6 Å². The summed E-state index contributed by atoms with van der Waals surface area (Å²) in [5, 5.41) is 12.2. The van der Waals surface area contributed by atoms with E-state index >= 15 is 0 Å². The number of ether oxygens (including phenoxy) is 1. The summed E-state index contributed by atoms with van der Waals surface area (Å²) in [4.78, 5) is 0.759. The van der Waals surface area contributed by atoms with Crippen LogP contribution >= 0.6 is 11.3 Å². The molecule has 3 aromatic carbocycles. The molecule has 1 unspecified atom stereocenters. The highest BCUT2D eigenvalue weighted by atomic mass is 32.1. The van der Waals surface area contributed by atoms with E-state index in [1.165, 1.54) is 16.9 Å². The van der Waals surface area contributed by atoms with Crippen molar-refractivity contribution >= 4 is 27.3 Å². The summed E-state index contributed by atoms with van der Waals surface area (Å²) in [6.45, 7) is 1.46. The number of benzene rings is 3. The van der Waals surface area contributed by atoms with Gasteiger partial charge in [0.1, 0.15) is 17.7 Å². The molecule has 0 bridgehead atoms. The lowest BCUT2D eigenvalue weighted by Crippen LogP contribution is -2.25. The van der Waals surface area contributed by atoms with E-state index in [4.69, 9.17) is 15.9 Å². The molecule has 0 amide bonds. The Morgan fingerprint density at radius 1 is 0.966 bits per heavy atom. The zero-order valence-electron chi connectivity index (χ0n) is 16.0. The van der Waals surface area contributed by atoms with Crippen LogP contribution in [0.4, 0.5) is 0 Å². The minimum Gasteiger partial charge on any atom is -0.484 e. The zero-order chi connectivity index (χ0) is 20.1. The van der Waals surface area contributed by atoms with Crippen molar-refractivity contribution in [3.63, 3.8) is 0 Å². The lowest BCUT2D eigenvalue weighted by Gasteiger charge is -2.21. The van der Waals surface area contributed by atoms with Gasteiger partial charge < -0.3 is 15.8 Å². The van der Waals surface area contributed by atoms with Gasteiger partial charge in [-0.1, -0.05) is 66.7 Å². The number of nitrogen functional groups attached to an aromatic ring is 1. The fourth-order valence-electron chi connectivity index (χ4n) is 3.26. The Morgan fingerprint density at radius 2 is 1.69 bits per heavy atom. The second kappa shape index (κ2) is 8.90. The summed E-state index contributed by atoms with van der Waals surface area (Å²) in [5.74, 6) is 0.892. The summed E-state index contributed by atoms with van der Waals surface area (Å²) in [6.07, 6.45) is -0.133. The standard InChI is InChI=1S/C24H23N3OS/c25-24(26)23-14-19-20(12-7-13-22(19)29-23)28-21(18-10-5-2-6-11-18)16-27-15-17-8-3-1-4-9-17/h1-14,21,27H,15-16H2,(H3,25,26). The van der Waals surface area contributed by atoms with Crippen molar-refractivity contribution in [1.82, 2.24) is 5.32 Å². The minimum absolute atomic E-state index is 0.0845. The van der Waals surface area contributed by atoms with Crippen LogP contribution in [0.15, 0.2) is 84.9 Å². The van der Waals surface area contributed by atoms with E-state index < -0.39 is 0 Å². The average Bonchev–Trinajstić information content (AvgIpc) is 3.20. The van der Waals surface area contributed by atoms with E-state index in [-0.39, 0.29) is 11.9 Å². The third-order valence-electron chi connectivity index (χ3n) is 4.73. The van der Waals surface area contributed by atoms with Crippen molar-refractivity contribution in [2.24, 2.45) is 5.73 Å². The first kappa shape index (κ1) is 19.2. The predicted molar refractivity (Wildman–Crippen MR) is 121 cm³/mol. The van der Waals surface area contributed by atoms with Gasteiger partial charge in [-0.15, -0.1) is 11.3 Å². The quantitative estimate of drug-likeness (QED) is 0.284. The van der Waals surface area contributed by atoms with Crippen molar-refractivity contribution in [2.75, 3.05) is 6.54 Å². The fourth-order valence-corrected chi connectivity index (χ4v) is 4.20. The molecule has 4 rings (SSSR count). The smallest absolute Gasteiger partial charge is 0.136 e. The highest BCUT2D eigenvalue weighted by Gasteiger charge is 2.16. The average molecular weight is 402 g/mol. The normalized spacial score (nSPS) is 12.0. The van der Waals surface area contributed by atoms with Gasteiger partial charge in [-0.3, -0.25) is 5.41 Å². The summed E-state index contributed by atoms with van der Waals surface area (Å²) < 4.78 is 7.54. The summed E-state index contributed by atoms with van der Waals surface area (Å²) in [5.41, 5.74) is 8.04. The lowest BCUT2D eigenvalue weighted by atomic mass is 10.1. The molecule has 4 aromatic rings. The molecule has 4 nitrogen and oxygen atoms in total. The van der Waals surface area contributed by atoms with Crippen LogP contribution in [0.1, 0.15) is 22.1 Å². The van der Waals surface area contributed by atoms with Crippen molar-refractivity contribution in [1.29, 1.82) is 5.41 Å². The molecule has 0 saturated carbocycles. The van der Waals surface area contributed by atoms with Crippen LogP contribution in [0.5, 0.6) is 5.75 Å². The molecule has 0 aliphatic heterocycles. The van der Waals surface area contributed by atoms with Crippen LogP contribution in [0.25, 0.3) is 10.1 Å². The number of amidine groups is 1. The van der Waals surface area contributed by atoms with Crippen molar-refractivity contribution < 1.29 is 4.74 Å². The molecular weight excluding hydrogens is 378 g/mol. The molecule has 4 N–H and O–H groups in total. The first-order chi connectivity index (χ1) is 14.2. The number of hydrogen-bond acceptors (Lipinski definition) is 4. The Bertz CT molecular complexity index is 1090. The van der Waals surface area contributed by atoms with E-state index in [0.29, 0.717) is 6.54 Å². The summed E-state index contributed by atoms with van der Waals surface area (Å²) in [7, 11) is 0. The highest BCUT2D eigenvalue weighted by Crippen LogP contribution is 2.35. The number of thiophene rings is 1. The molecule has 5 heteroatoms. The van der Waals surface area contributed by atoms with Crippen LogP contribution < -0.4 is 15.8 Å². The molecule has 1 heterocycles. The lowest BCUT2D eigenvalue weighted by molar-refractivity contribution is 0.204. The number of nitrogens with one attached hydrogen (secondary N) is 2. The molecule has 1 atom stereocenters. The topological polar surface area (TPSA) is 71.1 Å². The number of nitrogens with two attached hydrogens (primary N) is 1. The van der Waals surface area contributed by atoms with Crippen LogP contribution in [0, 0.1) is 5.41 Å². The Balaban J connectivity index is 1.57. The maximum atomic E-state index is 7.72. The third kappa shape index (κ3) is 4.65. The number of fused-ring (bicyclic) bond motifs is 1. The van der Waals surface area contributed by atoms with Gasteiger partial charge in [-0.25, -0.2) is 0 Å². The van der Waals surface area contributed by atoms with Crippen LogP contribution in [-0.4, -0.2) is 12.4 Å². The molecule has 29 heavy (non-hydrogen) atoms. The number of hydrogen-bond donors (Lipinski definition) is 3. The second-order valence-corrected chi connectivity index (χ2v) is 7.91. The molecule has 0 aliphatic carbocycles. The molecule has 0 spiro atoms. The Morgan fingerprint density at radius 3 is 2.41 bits per heavy atom. The Hall–Kier alpha value is -3.15. The molecule has 0 aliphatic rings. The van der Waals surface area contributed by atoms with Gasteiger partial charge in [-0.2, -0.15) is 0 Å². The first-order valence-electron chi connectivity index (χ1n) is 9.54. The monoisotopic (exact) mass is 401 g/mol. The molecule has 0 radical (unpaired) electrons. The van der Waals surface area contributed by atoms with Gasteiger partial charge in [-0.05, 0) is 29.3 Å². The molecule has 0 fully saturated rings. The summed E-state index contributed by atoms with van der Waals surface area (Å²) in [6, 6.07) is 28.5. The van der Waals surface area contributed by atoms with Crippen LogP contribution in [-0.2, 0) is 6.54 Å². The van der Waals surface area contributed by atoms with Gasteiger partial charge >= 0.3 is 0 Å². The first-order valence-corrected chi connectivity index (χ1v) is 10.4. The van der Waals surface area contributed by atoms with E-state index in [1.54, 1.807) is 0 Å². The largest absolute Gasteiger partial charge is 0.484 e. The van der Waals surface area contributed by atoms with Gasteiger partial charge in [0.2, 0.25) is 0 Å². The summed E-state index contributed by atoms with van der Waals surface area (Å²) >= 11 is 1.51. The van der Waals surface area contributed by atoms with Gasteiger partial charge in [0, 0.05) is 23.2 Å². The van der Waals surface area contributed by atoms with Gasteiger partial charge in [0.05, 0.1) is 4.88 Å². The van der Waals surface area contributed by atoms with Crippen molar-refractivity contribution in [3.8, 4) is 5.75 Å². The number of rotatable bonds is 8.